The predicted octanol–water partition coefficient (Wildman–Crippen LogP) is 2.71. The molecule has 3 nitrogen and oxygen atoms in total. The van der Waals surface area contributed by atoms with E-state index in [0.717, 1.165) is 19.4 Å². The van der Waals surface area contributed by atoms with Crippen LogP contribution in [0.5, 0.6) is 0 Å². The van der Waals surface area contributed by atoms with Crippen molar-refractivity contribution in [2.45, 2.75) is 123 Å². The molecule has 27 heavy (non-hydrogen) atoms. The van der Waals surface area contributed by atoms with Crippen LogP contribution in [0.15, 0.2) is 0 Å². The van der Waals surface area contributed by atoms with E-state index in [1.165, 1.54) is 103 Å². The fraction of sp³-hybridized carbons (Fsp3) is 0.957. The van der Waals surface area contributed by atoms with Gasteiger partial charge in [0.05, 0.1) is 0 Å². The molecule has 0 saturated carbocycles. The maximum Gasteiger partial charge on any atom is 1.00 e. The summed E-state index contributed by atoms with van der Waals surface area (Å²) in [4.78, 5) is 13.1. The molecule has 0 saturated heterocycles. The van der Waals surface area contributed by atoms with Gasteiger partial charge in [0.2, 0.25) is 0 Å². The Hall–Kier alpha value is 0.430. The van der Waals surface area contributed by atoms with Crippen LogP contribution in [0.2, 0.25) is 0 Å². The number of hydrogen-bond acceptors (Lipinski definition) is 3. The van der Waals surface area contributed by atoms with Crippen LogP contribution in [0.4, 0.5) is 0 Å². The minimum atomic E-state index is -0.907. The van der Waals surface area contributed by atoms with E-state index in [1.807, 2.05) is 0 Å². The second-order valence-electron chi connectivity index (χ2n) is 7.91. The molecule has 0 unspecified atom stereocenters. The molecule has 0 aliphatic heterocycles. The summed E-state index contributed by atoms with van der Waals surface area (Å²) in [5, 5.41) is 10.6. The molecule has 0 atom stereocenters. The van der Waals surface area contributed by atoms with Gasteiger partial charge in [-0.2, -0.15) is 0 Å². The molecular weight excluding hydrogens is 345 g/mol. The average molecular weight is 392 g/mol. The van der Waals surface area contributed by atoms with Crippen LogP contribution < -0.4 is 34.7 Å². The molecule has 0 bridgehead atoms. The number of carbonyl (C=O) groups excluding carboxylic acids is 1. The van der Waals surface area contributed by atoms with Gasteiger partial charge < -0.3 is 14.8 Å². The summed E-state index contributed by atoms with van der Waals surface area (Å²) in [6, 6.07) is 0. The standard InChI is InChI=1S/C23H47NO2.Na/c1-3-5-7-9-11-13-16-20-24(22-18-15-19-23(25)26)21-17-14-12-10-8-6-4-2;/h3-22H2,1-2H3,(H,25,26);/q;+1/p-1. The van der Waals surface area contributed by atoms with E-state index in [2.05, 4.69) is 18.7 Å². The summed E-state index contributed by atoms with van der Waals surface area (Å²) in [6.45, 7) is 7.97. The molecule has 0 amide bonds. The van der Waals surface area contributed by atoms with Gasteiger partial charge in [-0.15, -0.1) is 0 Å². The van der Waals surface area contributed by atoms with Crippen LogP contribution in [0.3, 0.4) is 0 Å². The third kappa shape index (κ3) is 24.4. The Kier molecular flexibility index (Phi) is 26.9. The molecule has 0 spiro atoms. The average Bonchev–Trinajstić information content (AvgIpc) is 2.62. The van der Waals surface area contributed by atoms with Gasteiger partial charge in [-0.25, -0.2) is 0 Å². The van der Waals surface area contributed by atoms with Gasteiger partial charge in [0.1, 0.15) is 0 Å². The van der Waals surface area contributed by atoms with Crippen LogP contribution >= 0.6 is 0 Å². The quantitative estimate of drug-likeness (QED) is 0.223. The van der Waals surface area contributed by atoms with Crippen molar-refractivity contribution in [2.24, 2.45) is 0 Å². The third-order valence-corrected chi connectivity index (χ3v) is 5.26. The van der Waals surface area contributed by atoms with Crippen LogP contribution in [-0.2, 0) is 4.79 Å². The van der Waals surface area contributed by atoms with Crippen molar-refractivity contribution < 1.29 is 39.5 Å². The molecule has 0 aromatic rings. The van der Waals surface area contributed by atoms with E-state index in [1.54, 1.807) is 0 Å². The molecule has 0 radical (unpaired) electrons. The van der Waals surface area contributed by atoms with Gasteiger partial charge in [0.25, 0.3) is 0 Å². The van der Waals surface area contributed by atoms with E-state index in [-0.39, 0.29) is 36.0 Å². The largest absolute Gasteiger partial charge is 1.00 e. The van der Waals surface area contributed by atoms with Crippen molar-refractivity contribution in [1.29, 1.82) is 0 Å². The van der Waals surface area contributed by atoms with Gasteiger partial charge in [0, 0.05) is 5.97 Å². The summed E-state index contributed by atoms with van der Waals surface area (Å²) in [5.41, 5.74) is 0. The number of nitrogens with zero attached hydrogens (tertiary/aromatic N) is 1. The van der Waals surface area contributed by atoms with Gasteiger partial charge >= 0.3 is 29.6 Å². The van der Waals surface area contributed by atoms with Gasteiger partial charge in [-0.05, 0) is 51.7 Å². The molecule has 0 aromatic heterocycles. The molecule has 0 aliphatic rings. The fourth-order valence-corrected chi connectivity index (χ4v) is 3.53. The number of aliphatic carboxylic acids is 1. The summed E-state index contributed by atoms with van der Waals surface area (Å²) in [7, 11) is 0. The number of hydrogen-bond donors (Lipinski definition) is 0. The summed E-state index contributed by atoms with van der Waals surface area (Å²) >= 11 is 0. The van der Waals surface area contributed by atoms with Crippen molar-refractivity contribution in [2.75, 3.05) is 19.6 Å². The minimum Gasteiger partial charge on any atom is -0.550 e. The number of carboxylic acid groups (broad SMARTS) is 1. The molecule has 0 heterocycles. The second-order valence-corrected chi connectivity index (χ2v) is 7.91. The van der Waals surface area contributed by atoms with Crippen LogP contribution in [-0.4, -0.2) is 30.5 Å². The molecule has 0 rings (SSSR count). The maximum atomic E-state index is 10.6. The number of unbranched alkanes of at least 4 members (excludes halogenated alkanes) is 13. The van der Waals surface area contributed by atoms with E-state index in [9.17, 15) is 9.90 Å². The zero-order valence-electron chi connectivity index (χ0n) is 18.9. The first-order valence-corrected chi connectivity index (χ1v) is 11.6. The topological polar surface area (TPSA) is 43.4 Å². The first-order chi connectivity index (χ1) is 12.7. The van der Waals surface area contributed by atoms with Crippen LogP contribution in [0.25, 0.3) is 0 Å². The number of carbonyl (C=O) groups is 1. The second kappa shape index (κ2) is 24.5. The molecule has 156 valence electrons. The van der Waals surface area contributed by atoms with E-state index >= 15 is 0 Å². The summed E-state index contributed by atoms with van der Waals surface area (Å²) in [5.74, 6) is -0.907. The van der Waals surface area contributed by atoms with Gasteiger partial charge in [-0.1, -0.05) is 90.9 Å². The molecule has 0 aliphatic carbocycles. The molecular formula is C23H46NNaO2. The van der Waals surface area contributed by atoms with Crippen molar-refractivity contribution in [1.82, 2.24) is 4.90 Å². The number of carboxylic acids is 1. The Balaban J connectivity index is 0. The Morgan fingerprint density at radius 2 is 0.926 bits per heavy atom. The fourth-order valence-electron chi connectivity index (χ4n) is 3.53. The van der Waals surface area contributed by atoms with E-state index in [4.69, 9.17) is 0 Å². The Labute approximate surface area is 192 Å². The first kappa shape index (κ1) is 29.6. The number of rotatable bonds is 21. The molecule has 0 fully saturated rings. The van der Waals surface area contributed by atoms with E-state index < -0.39 is 5.97 Å². The van der Waals surface area contributed by atoms with Crippen molar-refractivity contribution in [3.63, 3.8) is 0 Å². The van der Waals surface area contributed by atoms with E-state index in [0.29, 0.717) is 0 Å². The van der Waals surface area contributed by atoms with Crippen molar-refractivity contribution in [3.05, 3.63) is 0 Å². The Morgan fingerprint density at radius 3 is 1.30 bits per heavy atom. The Bertz CT molecular complexity index is 282. The molecule has 0 aromatic carbocycles. The first-order valence-electron chi connectivity index (χ1n) is 11.6. The predicted molar refractivity (Wildman–Crippen MR) is 111 cm³/mol. The third-order valence-electron chi connectivity index (χ3n) is 5.26. The Morgan fingerprint density at radius 1 is 0.593 bits per heavy atom. The van der Waals surface area contributed by atoms with Gasteiger partial charge in [0.15, 0.2) is 0 Å². The zero-order valence-corrected chi connectivity index (χ0v) is 20.9. The maximum absolute atomic E-state index is 10.6. The monoisotopic (exact) mass is 391 g/mol. The van der Waals surface area contributed by atoms with Crippen molar-refractivity contribution in [3.8, 4) is 0 Å². The van der Waals surface area contributed by atoms with Crippen molar-refractivity contribution >= 4 is 5.97 Å². The summed E-state index contributed by atoms with van der Waals surface area (Å²) in [6.07, 6.45) is 20.9. The molecule has 0 N–H and O–H groups in total. The normalized spacial score (nSPS) is 10.9. The van der Waals surface area contributed by atoms with Gasteiger partial charge in [-0.3, -0.25) is 0 Å². The minimum absolute atomic E-state index is 0. The van der Waals surface area contributed by atoms with Crippen LogP contribution in [0, 0.1) is 0 Å². The smallest absolute Gasteiger partial charge is 0.550 e. The van der Waals surface area contributed by atoms with Crippen LogP contribution in [0.1, 0.15) is 123 Å². The zero-order chi connectivity index (χ0) is 19.3. The molecule has 4 heteroatoms. The summed E-state index contributed by atoms with van der Waals surface area (Å²) < 4.78 is 0. The SMILES string of the molecule is CCCCCCCCCN(CCCCCCCCC)CCCCC(=O)[O-].[Na+].